The van der Waals surface area contributed by atoms with Crippen LogP contribution in [0.15, 0.2) is 230 Å². The van der Waals surface area contributed by atoms with Crippen LogP contribution in [-0.2, 0) is 66.0 Å². The molecule has 0 aliphatic carbocycles. The summed E-state index contributed by atoms with van der Waals surface area (Å²) in [6.07, 6.45) is 13.6. The summed E-state index contributed by atoms with van der Waals surface area (Å²) in [5.41, 5.74) is 28.7. The number of aromatic nitrogens is 6. The van der Waals surface area contributed by atoms with Crippen LogP contribution in [0, 0.1) is 41.5 Å². The van der Waals surface area contributed by atoms with Crippen LogP contribution in [0.3, 0.4) is 0 Å². The van der Waals surface area contributed by atoms with Crippen molar-refractivity contribution in [3.8, 4) is 17.6 Å². The Kier molecular flexibility index (Phi) is 31.5. The number of carbonyl (C=O) groups is 8. The summed E-state index contributed by atoms with van der Waals surface area (Å²) in [6, 6.07) is 51.0. The van der Waals surface area contributed by atoms with Gasteiger partial charge in [-0.2, -0.15) is 0 Å². The van der Waals surface area contributed by atoms with Gasteiger partial charge in [-0.3, -0.25) is 81.7 Å². The molecule has 0 saturated carbocycles. The Bertz CT molecular complexity index is 7370. The molecular weight excluding hydrogens is 1780 g/mol. The van der Waals surface area contributed by atoms with Crippen molar-refractivity contribution in [2.45, 2.75) is 162 Å². The van der Waals surface area contributed by atoms with Gasteiger partial charge in [-0.1, -0.05) is 109 Å². The minimum Gasteiger partial charge on any atom is -0.494 e. The molecule has 6 aromatic carbocycles. The molecule has 0 radical (unpaired) electrons. The summed E-state index contributed by atoms with van der Waals surface area (Å²) in [6.45, 7) is 28.6. The number of aromatic hydroxyl groups is 3. The van der Waals surface area contributed by atoms with Gasteiger partial charge in [-0.15, -0.1) is 0 Å². The first-order chi connectivity index (χ1) is 66.7. The number of anilines is 3. The standard InChI is InChI=1S/C20H20N2O5.C19H20N2O4.C19H20N2O3.C18H18N2O3.C17H18N2O2.C16H16N2O2/c1-12-9-13(2)21-16(12)10-15-14-5-3-4-6-17(14)22(20(15)26)11-27-19(25)8-7-18(23)24;1-11-13(7-8-18(23)24)12(2)20-16(11)9-15-14-5-3-4-6-17(14)21(10-22)19(15)25;1-11-9-12(2)20-17(11)10-16-15-7-5-6-8-18(15)21(19(16)23)13(3)24-14(4)22;1-11-8-12(2)19-16(11)9-15-14-6-4-5-7-17(14)20(18(15)22)10-23-13(3)21;1-10-8-11(2)18-15(10)9-14-13-6-4-5-7-16(13)19(12(3)20)17(14)21;1-10-7-11(2)17-14(10)8-13-12-5-3-4-6-15(12)18(9-19)16(13)20/h3-6,9-10,21H,7-8,11H2,1-2H3,(H,23,24);3-6,9,22,25H,7-8,10H2,1-2H3,(H,23,24);5-10,13,20H,1-4H3;4-9,19H,10H2,1-3H3;4-9,12,20-21H,1-3H3;3-8,19-20H,9H2,1-2H3/b15-10-;;16-10-;15-9-;;. The van der Waals surface area contributed by atoms with Gasteiger partial charge in [0, 0.05) is 121 Å². The number of allylic oxidation sites excluding steroid dienone is 6. The van der Waals surface area contributed by atoms with E-state index in [2.05, 4.69) is 29.9 Å². The molecule has 12 heterocycles. The number of aliphatic carboxylic acids is 2. The number of rotatable bonds is 21. The van der Waals surface area contributed by atoms with Gasteiger partial charge in [0.05, 0.1) is 80.3 Å². The maximum Gasteiger partial charge on any atom is 0.308 e. The van der Waals surface area contributed by atoms with E-state index in [-0.39, 0.29) is 81.5 Å². The minimum absolute atomic E-state index is 0.0177. The minimum atomic E-state index is -1.07. The number of aliphatic imine (C=N–C) groups is 3. The van der Waals surface area contributed by atoms with Gasteiger partial charge in [0.2, 0.25) is 17.6 Å². The molecule has 6 aliphatic rings. The molecule has 140 heavy (non-hydrogen) atoms. The van der Waals surface area contributed by atoms with Crippen LogP contribution in [0.2, 0.25) is 0 Å². The monoisotopic (exact) mass is 1890 g/mol. The molecule has 31 heteroatoms. The van der Waals surface area contributed by atoms with E-state index in [0.717, 1.165) is 162 Å². The molecule has 31 nitrogen and oxygen atoms in total. The topological polar surface area (TPSA) is 435 Å². The van der Waals surface area contributed by atoms with Gasteiger partial charge in [0.25, 0.3) is 17.7 Å². The lowest BCUT2D eigenvalue weighted by atomic mass is 10.0. The number of carboxylic acids is 2. The number of aromatic amines is 3. The highest BCUT2D eigenvalue weighted by Crippen LogP contribution is 2.45. The molecule has 6 aromatic heterocycles. The predicted molar refractivity (Wildman–Crippen MR) is 544 cm³/mol. The number of hydrogen-bond acceptors (Lipinski definition) is 20. The van der Waals surface area contributed by atoms with E-state index in [9.17, 15) is 69.0 Å². The second-order valence-electron chi connectivity index (χ2n) is 34.4. The lowest BCUT2D eigenvalue weighted by Gasteiger charge is -2.24. The van der Waals surface area contributed by atoms with Gasteiger partial charge in [-0.25, -0.2) is 0 Å². The number of ether oxygens (including phenoxy) is 3. The number of para-hydroxylation sites is 6. The van der Waals surface area contributed by atoms with Gasteiger partial charge in [-0.05, 0) is 246 Å². The number of nitrogens with zero attached hydrogens (tertiary/aromatic N) is 9. The van der Waals surface area contributed by atoms with Crippen LogP contribution in [-0.4, -0.2) is 154 Å². The van der Waals surface area contributed by atoms with Crippen molar-refractivity contribution in [3.05, 3.63) is 300 Å². The second kappa shape index (κ2) is 43.7. The average molecular weight is 1890 g/mol. The SMILES string of the molecule is CC(=O)OC(C)N1C(=O)/C(=C\c2[nH]c(C)cc2C)c2ccccc21.CC(=O)OCN1C(=O)/C(=C\c2[nH]c(C)cc2C)c2ccccc21.CC1=CC(C)=NC1=Cc1c(O)n(C(C)O)c2ccccc12.CC1=CC(C)=NC1=Cc1c(O)n(CO)c2ccccc12.CC1=NC(=Cc2c(O)n(CO)c3ccccc23)C(C)=C1CCC(=O)O.Cc1cc(C)c(/C=C2\C(=O)N(COC(=O)CCC(=O)O)c3ccccc32)[nH]1. The summed E-state index contributed by atoms with van der Waals surface area (Å²) in [7, 11) is 0. The maximum atomic E-state index is 13.0. The van der Waals surface area contributed by atoms with E-state index in [1.54, 1.807) is 38.1 Å². The quantitative estimate of drug-likeness (QED) is 0.0181. The number of esters is 3. The highest BCUT2D eigenvalue weighted by Gasteiger charge is 2.39. The van der Waals surface area contributed by atoms with Crippen molar-refractivity contribution < 1.29 is 93.4 Å². The molecule has 0 bridgehead atoms. The number of carboxylic acid groups (broad SMARTS) is 2. The fraction of sp³-hybridized carbons (Fsp3) is 0.239. The molecule has 0 saturated heterocycles. The lowest BCUT2D eigenvalue weighted by molar-refractivity contribution is -0.148. The normalized spacial score (nSPS) is 16.1. The Morgan fingerprint density at radius 2 is 0.814 bits per heavy atom. The highest BCUT2D eigenvalue weighted by atomic mass is 16.6. The Balaban J connectivity index is 0.000000142. The van der Waals surface area contributed by atoms with Gasteiger partial charge in [0.1, 0.15) is 19.7 Å². The first-order valence-corrected chi connectivity index (χ1v) is 45.3. The van der Waals surface area contributed by atoms with Crippen molar-refractivity contribution in [1.82, 2.24) is 28.7 Å². The molecule has 722 valence electrons. The van der Waals surface area contributed by atoms with E-state index in [0.29, 0.717) is 51.2 Å². The van der Waals surface area contributed by atoms with E-state index < -0.39 is 42.3 Å². The summed E-state index contributed by atoms with van der Waals surface area (Å²) in [4.78, 5) is 122. The van der Waals surface area contributed by atoms with E-state index in [1.165, 1.54) is 42.2 Å². The number of H-pyrrole nitrogens is 3. The molecule has 6 aliphatic heterocycles. The molecule has 3 amide bonds. The van der Waals surface area contributed by atoms with Crippen molar-refractivity contribution in [3.63, 3.8) is 0 Å². The average Bonchev–Trinajstić information content (AvgIpc) is 1.63. The van der Waals surface area contributed by atoms with Crippen LogP contribution < -0.4 is 14.7 Å². The highest BCUT2D eigenvalue weighted by molar-refractivity contribution is 6.37. The van der Waals surface area contributed by atoms with Crippen LogP contribution in [0.25, 0.3) is 85.9 Å². The van der Waals surface area contributed by atoms with Crippen molar-refractivity contribution >= 4 is 168 Å². The second-order valence-corrected chi connectivity index (χ2v) is 34.4. The van der Waals surface area contributed by atoms with Crippen molar-refractivity contribution in [2.75, 3.05) is 28.2 Å². The molecule has 0 fully saturated rings. The number of hydrogen-bond donors (Lipinski definition) is 11. The zero-order valence-electron chi connectivity index (χ0n) is 80.6. The molecule has 2 atom stereocenters. The Morgan fingerprint density at radius 3 is 1.21 bits per heavy atom. The predicted octanol–water partition coefficient (Wildman–Crippen LogP) is 19.3. The molecule has 18 rings (SSSR count). The number of carbonyl (C=O) groups excluding carboxylic acids is 6. The summed E-state index contributed by atoms with van der Waals surface area (Å²) < 4.78 is 19.8. The number of aliphatic hydroxyl groups is 3. The Labute approximate surface area is 808 Å². The van der Waals surface area contributed by atoms with E-state index in [1.807, 2.05) is 271 Å². The summed E-state index contributed by atoms with van der Waals surface area (Å²) >= 11 is 0. The van der Waals surface area contributed by atoms with E-state index in [4.69, 9.17) is 24.4 Å². The molecular formula is C109H112N12O19. The molecule has 12 aromatic rings. The lowest BCUT2D eigenvalue weighted by Crippen LogP contribution is -2.38. The largest absolute Gasteiger partial charge is 0.494 e. The number of benzene rings is 6. The van der Waals surface area contributed by atoms with Gasteiger partial charge in [0.15, 0.2) is 19.7 Å². The Morgan fingerprint density at radius 1 is 0.436 bits per heavy atom. The number of amides is 3. The summed E-state index contributed by atoms with van der Waals surface area (Å²) in [5, 5.41) is 80.3. The zero-order chi connectivity index (χ0) is 101. The van der Waals surface area contributed by atoms with Crippen LogP contribution >= 0.6 is 0 Å². The van der Waals surface area contributed by atoms with Crippen LogP contribution in [0.5, 0.6) is 17.6 Å². The van der Waals surface area contributed by atoms with Gasteiger partial charge < -0.3 is 70.0 Å². The smallest absolute Gasteiger partial charge is 0.308 e. The number of nitrogens with one attached hydrogen (secondary N) is 3. The zero-order valence-corrected chi connectivity index (χ0v) is 80.6. The number of aryl methyl sites for hydroxylation is 6. The molecule has 0 spiro atoms. The van der Waals surface area contributed by atoms with Gasteiger partial charge >= 0.3 is 29.8 Å². The van der Waals surface area contributed by atoms with Crippen LogP contribution in [0.1, 0.15) is 185 Å². The molecule has 2 unspecified atom stereocenters. The first-order valence-electron chi connectivity index (χ1n) is 45.3. The van der Waals surface area contributed by atoms with E-state index >= 15 is 0 Å². The first kappa shape index (κ1) is 101. The Hall–Kier alpha value is -16.5. The maximum absolute atomic E-state index is 13.0. The fourth-order valence-corrected chi connectivity index (χ4v) is 17.5. The van der Waals surface area contributed by atoms with Crippen molar-refractivity contribution in [1.29, 1.82) is 0 Å². The number of aliphatic hydroxyl groups excluding tert-OH is 3. The third-order valence-corrected chi connectivity index (χ3v) is 24.0. The fourth-order valence-electron chi connectivity index (χ4n) is 17.5. The van der Waals surface area contributed by atoms with Crippen molar-refractivity contribution in [2.24, 2.45) is 15.0 Å². The third kappa shape index (κ3) is 22.3. The molecule has 11 N–H and O–H groups in total. The summed E-state index contributed by atoms with van der Waals surface area (Å²) in [5.74, 6) is -3.90. The number of fused-ring (bicyclic) bond motifs is 6. The third-order valence-electron chi connectivity index (χ3n) is 24.0. The van der Waals surface area contributed by atoms with Crippen LogP contribution in [0.4, 0.5) is 17.1 Å².